The van der Waals surface area contributed by atoms with E-state index in [4.69, 9.17) is 4.74 Å². The highest BCUT2D eigenvalue weighted by Gasteiger charge is 2.14. The summed E-state index contributed by atoms with van der Waals surface area (Å²) in [4.78, 5) is 28.5. The number of hydrogen-bond acceptors (Lipinski definition) is 5. The third-order valence-corrected chi connectivity index (χ3v) is 4.41. The standard InChI is InChI=1S/C16H15FN4O3S/c1-3-24-14(22)9-21-12-5-4-10(17)8-13(12)25-16(21)18-15(23)11-6-7-20(2)19-11/h4-8H,3,9H2,1-2H3. The van der Waals surface area contributed by atoms with Crippen LogP contribution in [0.1, 0.15) is 17.4 Å². The van der Waals surface area contributed by atoms with Crippen molar-refractivity contribution < 1.29 is 18.7 Å². The van der Waals surface area contributed by atoms with Gasteiger partial charge in [-0.2, -0.15) is 10.1 Å². The summed E-state index contributed by atoms with van der Waals surface area (Å²) >= 11 is 1.12. The predicted octanol–water partition coefficient (Wildman–Crippen LogP) is 1.88. The Morgan fingerprint density at radius 1 is 1.36 bits per heavy atom. The van der Waals surface area contributed by atoms with Crippen LogP contribution >= 0.6 is 11.3 Å². The minimum absolute atomic E-state index is 0.117. The van der Waals surface area contributed by atoms with E-state index in [-0.39, 0.29) is 23.6 Å². The average Bonchev–Trinajstić information content (AvgIpc) is 3.12. The summed E-state index contributed by atoms with van der Waals surface area (Å²) in [7, 11) is 1.69. The molecule has 0 saturated heterocycles. The first-order valence-corrected chi connectivity index (χ1v) is 8.33. The fourth-order valence-corrected chi connectivity index (χ4v) is 3.35. The normalized spacial score (nSPS) is 11.9. The molecule has 0 aliphatic carbocycles. The van der Waals surface area contributed by atoms with Crippen molar-refractivity contribution in [2.75, 3.05) is 6.61 Å². The molecule has 0 saturated carbocycles. The molecule has 0 spiro atoms. The van der Waals surface area contributed by atoms with Gasteiger partial charge in [0.1, 0.15) is 12.4 Å². The van der Waals surface area contributed by atoms with Gasteiger partial charge < -0.3 is 9.30 Å². The van der Waals surface area contributed by atoms with Crippen LogP contribution in [0.4, 0.5) is 4.39 Å². The van der Waals surface area contributed by atoms with Crippen LogP contribution in [0.2, 0.25) is 0 Å². The first kappa shape index (κ1) is 17.0. The van der Waals surface area contributed by atoms with Crippen molar-refractivity contribution in [1.29, 1.82) is 0 Å². The molecule has 9 heteroatoms. The molecule has 1 aromatic carbocycles. The summed E-state index contributed by atoms with van der Waals surface area (Å²) in [5, 5.41) is 4.01. The molecule has 0 fully saturated rings. The van der Waals surface area contributed by atoms with Crippen molar-refractivity contribution in [3.8, 4) is 0 Å². The van der Waals surface area contributed by atoms with Crippen molar-refractivity contribution in [3.63, 3.8) is 0 Å². The zero-order valence-corrected chi connectivity index (χ0v) is 14.4. The molecule has 0 aliphatic heterocycles. The molecule has 0 aliphatic rings. The van der Waals surface area contributed by atoms with Crippen LogP contribution in [0.25, 0.3) is 10.2 Å². The van der Waals surface area contributed by atoms with Gasteiger partial charge in [-0.3, -0.25) is 14.3 Å². The molecule has 3 aromatic rings. The van der Waals surface area contributed by atoms with Gasteiger partial charge in [-0.05, 0) is 31.2 Å². The Labute approximate surface area is 146 Å². The molecule has 3 rings (SSSR count). The Morgan fingerprint density at radius 3 is 2.84 bits per heavy atom. The number of fused-ring (bicyclic) bond motifs is 1. The Hall–Kier alpha value is -2.81. The van der Waals surface area contributed by atoms with Crippen molar-refractivity contribution in [1.82, 2.24) is 14.3 Å². The van der Waals surface area contributed by atoms with E-state index in [2.05, 4.69) is 10.1 Å². The maximum atomic E-state index is 13.5. The number of carbonyl (C=O) groups excluding carboxylic acids is 2. The third kappa shape index (κ3) is 3.66. The Kier molecular flexibility index (Phi) is 4.75. The monoisotopic (exact) mass is 362 g/mol. The van der Waals surface area contributed by atoms with E-state index in [0.29, 0.717) is 10.2 Å². The third-order valence-electron chi connectivity index (χ3n) is 3.37. The second-order valence-electron chi connectivity index (χ2n) is 5.18. The molecule has 0 radical (unpaired) electrons. The van der Waals surface area contributed by atoms with Crippen LogP contribution in [0.15, 0.2) is 35.5 Å². The SMILES string of the molecule is CCOC(=O)Cn1c(=NC(=O)c2ccn(C)n2)sc2cc(F)ccc21. The van der Waals surface area contributed by atoms with Crippen LogP contribution < -0.4 is 4.80 Å². The average molecular weight is 362 g/mol. The van der Waals surface area contributed by atoms with Crippen molar-refractivity contribution in [2.24, 2.45) is 12.0 Å². The molecule has 0 N–H and O–H groups in total. The fourth-order valence-electron chi connectivity index (χ4n) is 2.29. The van der Waals surface area contributed by atoms with Gasteiger partial charge >= 0.3 is 5.97 Å². The number of carbonyl (C=O) groups is 2. The minimum Gasteiger partial charge on any atom is -0.465 e. The Morgan fingerprint density at radius 2 is 2.16 bits per heavy atom. The van der Waals surface area contributed by atoms with Crippen molar-refractivity contribution >= 4 is 33.4 Å². The number of aromatic nitrogens is 3. The molecule has 0 atom stereocenters. The number of amides is 1. The first-order chi connectivity index (χ1) is 12.0. The lowest BCUT2D eigenvalue weighted by Gasteiger charge is -2.04. The summed E-state index contributed by atoms with van der Waals surface area (Å²) in [6.07, 6.45) is 1.63. The number of thiazole rings is 1. The van der Waals surface area contributed by atoms with Crippen LogP contribution in [0.3, 0.4) is 0 Å². The maximum Gasteiger partial charge on any atom is 0.326 e. The van der Waals surface area contributed by atoms with Crippen LogP contribution in [0.5, 0.6) is 0 Å². The maximum absolute atomic E-state index is 13.5. The lowest BCUT2D eigenvalue weighted by atomic mass is 10.3. The topological polar surface area (TPSA) is 78.5 Å². The Bertz CT molecular complexity index is 1020. The van der Waals surface area contributed by atoms with Gasteiger partial charge in [0.15, 0.2) is 10.5 Å². The fraction of sp³-hybridized carbons (Fsp3) is 0.250. The van der Waals surface area contributed by atoms with Crippen molar-refractivity contribution in [3.05, 3.63) is 46.8 Å². The summed E-state index contributed by atoms with van der Waals surface area (Å²) in [5.41, 5.74) is 0.792. The number of rotatable bonds is 4. The van der Waals surface area contributed by atoms with Gasteiger partial charge in [0.25, 0.3) is 5.91 Å². The number of ether oxygens (including phenoxy) is 1. The number of hydrogen-bond donors (Lipinski definition) is 0. The number of aryl methyl sites for hydroxylation is 1. The molecular formula is C16H15FN4O3S. The molecule has 7 nitrogen and oxygen atoms in total. The summed E-state index contributed by atoms with van der Waals surface area (Å²) in [6.45, 7) is 1.84. The highest BCUT2D eigenvalue weighted by Crippen LogP contribution is 2.19. The van der Waals surface area contributed by atoms with E-state index >= 15 is 0 Å². The van der Waals surface area contributed by atoms with E-state index in [1.165, 1.54) is 21.4 Å². The zero-order valence-electron chi connectivity index (χ0n) is 13.6. The van der Waals surface area contributed by atoms with Crippen molar-refractivity contribution in [2.45, 2.75) is 13.5 Å². The molecule has 25 heavy (non-hydrogen) atoms. The second kappa shape index (κ2) is 6.98. The highest BCUT2D eigenvalue weighted by atomic mass is 32.1. The van der Waals surface area contributed by atoms with Gasteiger partial charge in [0, 0.05) is 13.2 Å². The van der Waals surface area contributed by atoms with Gasteiger partial charge in [-0.1, -0.05) is 11.3 Å². The molecule has 2 aromatic heterocycles. The molecule has 0 bridgehead atoms. The second-order valence-corrected chi connectivity index (χ2v) is 6.19. The molecule has 0 unspecified atom stereocenters. The smallest absolute Gasteiger partial charge is 0.326 e. The van der Waals surface area contributed by atoms with Gasteiger partial charge in [-0.25, -0.2) is 4.39 Å². The minimum atomic E-state index is -0.537. The predicted molar refractivity (Wildman–Crippen MR) is 89.5 cm³/mol. The number of halogens is 1. The summed E-state index contributed by atoms with van der Waals surface area (Å²) in [5.74, 6) is -1.40. The van der Waals surface area contributed by atoms with E-state index < -0.39 is 17.7 Å². The quantitative estimate of drug-likeness (QED) is 0.664. The van der Waals surface area contributed by atoms with E-state index in [0.717, 1.165) is 11.3 Å². The van der Waals surface area contributed by atoms with Crippen LogP contribution in [-0.4, -0.2) is 32.8 Å². The van der Waals surface area contributed by atoms with Gasteiger partial charge in [0.05, 0.1) is 16.8 Å². The number of esters is 1. The van der Waals surface area contributed by atoms with E-state index in [1.54, 1.807) is 32.3 Å². The first-order valence-electron chi connectivity index (χ1n) is 7.51. The molecule has 1 amide bonds. The van der Waals surface area contributed by atoms with Gasteiger partial charge in [-0.15, -0.1) is 0 Å². The molecular weight excluding hydrogens is 347 g/mol. The lowest BCUT2D eigenvalue weighted by molar-refractivity contribution is -0.143. The van der Waals surface area contributed by atoms with Gasteiger partial charge in [0.2, 0.25) is 0 Å². The van der Waals surface area contributed by atoms with Crippen LogP contribution in [-0.2, 0) is 23.1 Å². The Balaban J connectivity index is 2.10. The number of benzene rings is 1. The molecule has 2 heterocycles. The summed E-state index contributed by atoms with van der Waals surface area (Å²) < 4.78 is 22.1. The molecule has 130 valence electrons. The van der Waals surface area contributed by atoms with Crippen LogP contribution in [0, 0.1) is 5.82 Å². The summed E-state index contributed by atoms with van der Waals surface area (Å²) in [6, 6.07) is 5.73. The van der Waals surface area contributed by atoms with E-state index in [9.17, 15) is 14.0 Å². The highest BCUT2D eigenvalue weighted by molar-refractivity contribution is 7.16. The largest absolute Gasteiger partial charge is 0.465 e. The van der Waals surface area contributed by atoms with E-state index in [1.807, 2.05) is 0 Å². The zero-order chi connectivity index (χ0) is 18.0. The lowest BCUT2D eigenvalue weighted by Crippen LogP contribution is -2.23. The number of nitrogens with zero attached hydrogens (tertiary/aromatic N) is 4.